The Morgan fingerprint density at radius 3 is 2.53 bits per heavy atom. The van der Waals surface area contributed by atoms with Gasteiger partial charge in [-0.25, -0.2) is 4.39 Å². The lowest BCUT2D eigenvalue weighted by atomic mass is 10.2. The lowest BCUT2D eigenvalue weighted by Crippen LogP contribution is -2.08. The monoisotopic (exact) mass is 443 g/mol. The molecule has 4 rings (SSSR count). The molecule has 0 saturated heterocycles. The van der Waals surface area contributed by atoms with Crippen LogP contribution in [0.25, 0.3) is 22.8 Å². The van der Waals surface area contributed by atoms with E-state index >= 15 is 0 Å². The molecule has 4 aromatic rings. The summed E-state index contributed by atoms with van der Waals surface area (Å²) >= 11 is 7.62. The molecule has 0 radical (unpaired) electrons. The molecule has 6 nitrogen and oxygen atoms in total. The highest BCUT2D eigenvalue weighted by atomic mass is 35.5. The van der Waals surface area contributed by atoms with Gasteiger partial charge in [-0.3, -0.25) is 0 Å². The first-order valence-electron chi connectivity index (χ1n) is 9.41. The number of benzene rings is 2. The second-order valence-corrected chi connectivity index (χ2v) is 8.42. The molecule has 2 aromatic heterocycles. The van der Waals surface area contributed by atoms with E-state index in [2.05, 4.69) is 34.2 Å². The van der Waals surface area contributed by atoms with Crippen molar-refractivity contribution in [3.63, 3.8) is 0 Å². The van der Waals surface area contributed by atoms with E-state index < -0.39 is 0 Å². The van der Waals surface area contributed by atoms with Gasteiger partial charge in [0.05, 0.1) is 16.3 Å². The Bertz CT molecular complexity index is 1160. The first kappa shape index (κ1) is 20.6. The Labute approximate surface area is 182 Å². The molecule has 0 saturated carbocycles. The van der Waals surface area contributed by atoms with E-state index in [4.69, 9.17) is 16.1 Å². The molecule has 0 unspecified atom stereocenters. The second-order valence-electron chi connectivity index (χ2n) is 7.07. The maximum absolute atomic E-state index is 14.3. The first-order chi connectivity index (χ1) is 14.5. The Morgan fingerprint density at radius 2 is 1.80 bits per heavy atom. The summed E-state index contributed by atoms with van der Waals surface area (Å²) in [6.45, 7) is 4.84. The lowest BCUT2D eigenvalue weighted by Gasteiger charge is -2.12. The fraction of sp³-hybridized carbons (Fsp3) is 0.238. The molecule has 154 valence electrons. The van der Waals surface area contributed by atoms with Crippen LogP contribution in [-0.4, -0.2) is 24.9 Å². The molecule has 2 heterocycles. The molecule has 0 bridgehead atoms. The number of hydrogen-bond acceptors (Lipinski definition) is 6. The summed E-state index contributed by atoms with van der Waals surface area (Å²) in [6, 6.07) is 13.9. The minimum absolute atomic E-state index is 0.326. The number of thioether (sulfide) groups is 1. The molecule has 2 aromatic carbocycles. The van der Waals surface area contributed by atoms with Gasteiger partial charge in [0.25, 0.3) is 0 Å². The van der Waals surface area contributed by atoms with Crippen molar-refractivity contribution in [2.24, 2.45) is 5.92 Å². The second kappa shape index (κ2) is 8.97. The van der Waals surface area contributed by atoms with Crippen LogP contribution in [-0.2, 0) is 12.3 Å². The van der Waals surface area contributed by atoms with Crippen LogP contribution in [0.3, 0.4) is 0 Å². The van der Waals surface area contributed by atoms with Gasteiger partial charge in [-0.1, -0.05) is 66.6 Å². The van der Waals surface area contributed by atoms with Gasteiger partial charge in [0.1, 0.15) is 5.82 Å². The highest BCUT2D eigenvalue weighted by Gasteiger charge is 2.19. The van der Waals surface area contributed by atoms with Crippen molar-refractivity contribution < 1.29 is 8.91 Å². The normalized spacial score (nSPS) is 11.4. The third kappa shape index (κ3) is 4.39. The van der Waals surface area contributed by atoms with Crippen molar-refractivity contribution in [1.82, 2.24) is 24.9 Å². The van der Waals surface area contributed by atoms with Gasteiger partial charge in [0, 0.05) is 12.1 Å². The summed E-state index contributed by atoms with van der Waals surface area (Å²) in [5, 5.41) is 13.8. The Kier molecular flexibility index (Phi) is 6.15. The van der Waals surface area contributed by atoms with E-state index in [-0.39, 0.29) is 5.82 Å². The number of nitrogens with zero attached hydrogens (tertiary/aromatic N) is 5. The zero-order valence-corrected chi connectivity index (χ0v) is 18.0. The lowest BCUT2D eigenvalue weighted by molar-refractivity contribution is 0.391. The minimum Gasteiger partial charge on any atom is -0.338 e. The fourth-order valence-electron chi connectivity index (χ4n) is 2.96. The summed E-state index contributed by atoms with van der Waals surface area (Å²) in [7, 11) is 0. The summed E-state index contributed by atoms with van der Waals surface area (Å²) in [5.74, 6) is 1.80. The van der Waals surface area contributed by atoms with Crippen LogP contribution in [0.2, 0.25) is 5.02 Å². The van der Waals surface area contributed by atoms with Crippen LogP contribution in [0.4, 0.5) is 4.39 Å². The average Bonchev–Trinajstić information content (AvgIpc) is 3.34. The van der Waals surface area contributed by atoms with Crippen LogP contribution < -0.4 is 0 Å². The molecular weight excluding hydrogens is 425 g/mol. The van der Waals surface area contributed by atoms with Gasteiger partial charge in [-0.2, -0.15) is 4.98 Å². The van der Waals surface area contributed by atoms with E-state index in [1.165, 1.54) is 17.8 Å². The fourth-order valence-corrected chi connectivity index (χ4v) is 3.96. The van der Waals surface area contributed by atoms with E-state index in [0.29, 0.717) is 57.1 Å². The SMILES string of the molecule is CC(C)Cn1c(SCc2nc(-c3ccccc3Cl)no2)nnc1-c1ccccc1F. The largest absolute Gasteiger partial charge is 0.338 e. The Hall–Kier alpha value is -2.71. The molecule has 30 heavy (non-hydrogen) atoms. The highest BCUT2D eigenvalue weighted by Crippen LogP contribution is 2.30. The van der Waals surface area contributed by atoms with Crippen LogP contribution in [0.5, 0.6) is 0 Å². The number of hydrogen-bond donors (Lipinski definition) is 0. The van der Waals surface area contributed by atoms with E-state index in [9.17, 15) is 4.39 Å². The first-order valence-corrected chi connectivity index (χ1v) is 10.8. The molecule has 0 aliphatic rings. The molecule has 0 aliphatic heterocycles. The van der Waals surface area contributed by atoms with Crippen molar-refractivity contribution in [2.75, 3.05) is 0 Å². The Morgan fingerprint density at radius 1 is 1.07 bits per heavy atom. The van der Waals surface area contributed by atoms with Crippen molar-refractivity contribution in [3.05, 3.63) is 65.3 Å². The smallest absolute Gasteiger partial charge is 0.237 e. The van der Waals surface area contributed by atoms with Crippen LogP contribution >= 0.6 is 23.4 Å². The van der Waals surface area contributed by atoms with Gasteiger partial charge in [0.2, 0.25) is 11.7 Å². The summed E-state index contributed by atoms with van der Waals surface area (Å²) in [6.07, 6.45) is 0. The van der Waals surface area contributed by atoms with Crippen molar-refractivity contribution in [1.29, 1.82) is 0 Å². The molecule has 0 fully saturated rings. The van der Waals surface area contributed by atoms with Gasteiger partial charge in [0.15, 0.2) is 11.0 Å². The molecule has 0 amide bonds. The maximum Gasteiger partial charge on any atom is 0.237 e. The van der Waals surface area contributed by atoms with Crippen LogP contribution in [0.15, 0.2) is 58.2 Å². The summed E-state index contributed by atoms with van der Waals surface area (Å²) < 4.78 is 21.6. The zero-order valence-electron chi connectivity index (χ0n) is 16.4. The quantitative estimate of drug-likeness (QED) is 0.339. The van der Waals surface area contributed by atoms with Gasteiger partial charge in [-0.05, 0) is 30.2 Å². The molecule has 0 spiro atoms. The van der Waals surface area contributed by atoms with Gasteiger partial charge in [-0.15, -0.1) is 10.2 Å². The van der Waals surface area contributed by atoms with E-state index in [1.54, 1.807) is 24.3 Å². The third-order valence-corrected chi connectivity index (χ3v) is 5.57. The third-order valence-electron chi connectivity index (χ3n) is 4.29. The Balaban J connectivity index is 1.57. The van der Waals surface area contributed by atoms with Gasteiger partial charge >= 0.3 is 0 Å². The van der Waals surface area contributed by atoms with Crippen molar-refractivity contribution >= 4 is 23.4 Å². The molecule has 0 N–H and O–H groups in total. The van der Waals surface area contributed by atoms with Crippen molar-refractivity contribution in [2.45, 2.75) is 31.3 Å². The standard InChI is InChI=1S/C21H19ClFN5OS/c1-13(2)11-28-20(15-8-4-6-10-17(15)23)25-26-21(28)30-12-18-24-19(27-29-18)14-7-3-5-9-16(14)22/h3-10,13H,11-12H2,1-2H3. The molecule has 0 aliphatic carbocycles. The van der Waals surface area contributed by atoms with Gasteiger partial charge < -0.3 is 9.09 Å². The maximum atomic E-state index is 14.3. The van der Waals surface area contributed by atoms with Crippen molar-refractivity contribution in [3.8, 4) is 22.8 Å². The highest BCUT2D eigenvalue weighted by molar-refractivity contribution is 7.98. The zero-order chi connectivity index (χ0) is 21.1. The number of rotatable bonds is 7. The minimum atomic E-state index is -0.326. The molecule has 9 heteroatoms. The average molecular weight is 444 g/mol. The molecular formula is C21H19ClFN5OS. The number of halogens is 2. The summed E-state index contributed by atoms with van der Waals surface area (Å²) in [4.78, 5) is 4.43. The van der Waals surface area contributed by atoms with Crippen LogP contribution in [0.1, 0.15) is 19.7 Å². The predicted octanol–water partition coefficient (Wildman–Crippen LogP) is 5.74. The predicted molar refractivity (Wildman–Crippen MR) is 115 cm³/mol. The van der Waals surface area contributed by atoms with E-state index in [1.807, 2.05) is 22.8 Å². The summed E-state index contributed by atoms with van der Waals surface area (Å²) in [5.41, 5.74) is 1.14. The number of aromatic nitrogens is 5. The van der Waals surface area contributed by atoms with E-state index in [0.717, 1.165) is 0 Å². The topological polar surface area (TPSA) is 69.6 Å². The van der Waals surface area contributed by atoms with Crippen LogP contribution in [0, 0.1) is 11.7 Å². The molecule has 0 atom stereocenters.